The molecule has 1 N–H and O–H groups in total. The summed E-state index contributed by atoms with van der Waals surface area (Å²) < 4.78 is 13.8. The summed E-state index contributed by atoms with van der Waals surface area (Å²) in [5.41, 5.74) is 2.35. The molecule has 1 heterocycles. The lowest BCUT2D eigenvalue weighted by molar-refractivity contribution is -0.119. The zero-order valence-corrected chi connectivity index (χ0v) is 15.2. The van der Waals surface area contributed by atoms with Crippen LogP contribution in [0.25, 0.3) is 0 Å². The summed E-state index contributed by atoms with van der Waals surface area (Å²) in [4.78, 5) is 14.3. The summed E-state index contributed by atoms with van der Waals surface area (Å²) in [7, 11) is 0. The minimum Gasteiger partial charge on any atom is -0.349 e. The van der Waals surface area contributed by atoms with Crippen LogP contribution in [-0.2, 0) is 10.2 Å². The Labute approximate surface area is 150 Å². The van der Waals surface area contributed by atoms with Gasteiger partial charge in [-0.2, -0.15) is 0 Å². The van der Waals surface area contributed by atoms with E-state index >= 15 is 0 Å². The molecule has 1 spiro atoms. The van der Waals surface area contributed by atoms with Gasteiger partial charge in [0, 0.05) is 24.9 Å². The predicted octanol–water partition coefficient (Wildman–Crippen LogP) is 4.07. The van der Waals surface area contributed by atoms with E-state index in [0.717, 1.165) is 31.5 Å². The molecular formula is C21H29FN2O. The van der Waals surface area contributed by atoms with Crippen LogP contribution in [0.1, 0.15) is 75.5 Å². The molecule has 136 valence electrons. The van der Waals surface area contributed by atoms with Crippen LogP contribution in [0.3, 0.4) is 0 Å². The van der Waals surface area contributed by atoms with Crippen molar-refractivity contribution < 1.29 is 9.18 Å². The van der Waals surface area contributed by atoms with Crippen molar-refractivity contribution in [2.75, 3.05) is 13.1 Å². The van der Waals surface area contributed by atoms with Crippen molar-refractivity contribution in [3.63, 3.8) is 0 Å². The highest BCUT2D eigenvalue weighted by atomic mass is 19.1. The molecule has 1 aliphatic heterocycles. The third kappa shape index (κ3) is 3.21. The zero-order valence-electron chi connectivity index (χ0n) is 15.2. The first kappa shape index (κ1) is 17.0. The molecule has 3 aliphatic rings. The molecule has 1 saturated heterocycles. The Balaban J connectivity index is 1.59. The Morgan fingerprint density at radius 1 is 1.24 bits per heavy atom. The monoisotopic (exact) mass is 344 g/mol. The van der Waals surface area contributed by atoms with Crippen molar-refractivity contribution >= 4 is 5.91 Å². The molecule has 2 fully saturated rings. The Kier molecular flexibility index (Phi) is 4.57. The zero-order chi connectivity index (χ0) is 17.4. The number of nitrogens with one attached hydrogen (secondary N) is 1. The second-order valence-electron chi connectivity index (χ2n) is 8.33. The maximum atomic E-state index is 13.8. The lowest BCUT2D eigenvalue weighted by Gasteiger charge is -2.30. The molecule has 0 radical (unpaired) electrons. The Morgan fingerprint density at radius 3 is 2.72 bits per heavy atom. The predicted molar refractivity (Wildman–Crippen MR) is 96.9 cm³/mol. The van der Waals surface area contributed by atoms with Gasteiger partial charge in [-0.25, -0.2) is 4.39 Å². The molecule has 2 aliphatic carbocycles. The maximum absolute atomic E-state index is 13.8. The van der Waals surface area contributed by atoms with Crippen LogP contribution < -0.4 is 5.32 Å². The van der Waals surface area contributed by atoms with Crippen molar-refractivity contribution in [2.24, 2.45) is 0 Å². The van der Waals surface area contributed by atoms with Gasteiger partial charge in [-0.3, -0.25) is 9.69 Å². The first-order valence-electron chi connectivity index (χ1n) is 9.88. The van der Waals surface area contributed by atoms with Crippen molar-refractivity contribution in [1.82, 2.24) is 10.2 Å². The standard InChI is InChI=1S/C21H29FN2O/c1-15(25)23-20-13-21(19-9-8-16(22)12-18(19)20)10-11-24(14-21)17-6-4-2-3-5-7-17/h8-9,12,17,20H,2-7,10-11,13-14H2,1H3,(H,23,25). The van der Waals surface area contributed by atoms with Gasteiger partial charge in [0.15, 0.2) is 0 Å². The maximum Gasteiger partial charge on any atom is 0.217 e. The van der Waals surface area contributed by atoms with E-state index < -0.39 is 0 Å². The number of likely N-dealkylation sites (tertiary alicyclic amines) is 1. The fraction of sp³-hybridized carbons (Fsp3) is 0.667. The number of rotatable bonds is 2. The number of nitrogens with zero attached hydrogens (tertiary/aromatic N) is 1. The molecule has 3 nitrogen and oxygen atoms in total. The van der Waals surface area contributed by atoms with E-state index in [-0.39, 0.29) is 23.2 Å². The molecule has 1 saturated carbocycles. The second-order valence-corrected chi connectivity index (χ2v) is 8.33. The normalized spacial score (nSPS) is 30.4. The average molecular weight is 344 g/mol. The van der Waals surface area contributed by atoms with Gasteiger partial charge in [0.2, 0.25) is 5.91 Å². The number of amides is 1. The summed E-state index contributed by atoms with van der Waals surface area (Å²) in [6, 6.07) is 5.87. The van der Waals surface area contributed by atoms with Gasteiger partial charge in [-0.15, -0.1) is 0 Å². The van der Waals surface area contributed by atoms with Gasteiger partial charge in [-0.1, -0.05) is 31.7 Å². The summed E-state index contributed by atoms with van der Waals surface area (Å²) >= 11 is 0. The minimum absolute atomic E-state index is 0.0316. The Bertz CT molecular complexity index is 653. The molecule has 0 bridgehead atoms. The fourth-order valence-electron chi connectivity index (χ4n) is 5.52. The van der Waals surface area contributed by atoms with E-state index in [1.54, 1.807) is 19.1 Å². The highest BCUT2D eigenvalue weighted by molar-refractivity contribution is 5.74. The van der Waals surface area contributed by atoms with Crippen LogP contribution in [0, 0.1) is 5.82 Å². The van der Waals surface area contributed by atoms with Gasteiger partial charge in [-0.05, 0) is 55.5 Å². The van der Waals surface area contributed by atoms with Gasteiger partial charge in [0.05, 0.1) is 6.04 Å². The molecule has 0 aromatic heterocycles. The van der Waals surface area contributed by atoms with Crippen LogP contribution in [-0.4, -0.2) is 29.9 Å². The van der Waals surface area contributed by atoms with Gasteiger partial charge < -0.3 is 5.32 Å². The molecule has 2 unspecified atom stereocenters. The van der Waals surface area contributed by atoms with Crippen LogP contribution >= 0.6 is 0 Å². The van der Waals surface area contributed by atoms with Crippen LogP contribution in [0.4, 0.5) is 4.39 Å². The van der Waals surface area contributed by atoms with Crippen molar-refractivity contribution in [1.29, 1.82) is 0 Å². The number of fused-ring (bicyclic) bond motifs is 2. The average Bonchev–Trinajstić information content (AvgIpc) is 2.98. The molecule has 25 heavy (non-hydrogen) atoms. The number of carbonyl (C=O) groups is 1. The van der Waals surface area contributed by atoms with E-state index in [1.807, 2.05) is 6.07 Å². The number of hydrogen-bond acceptors (Lipinski definition) is 2. The number of hydrogen-bond donors (Lipinski definition) is 1. The lowest BCUT2D eigenvalue weighted by Crippen LogP contribution is -2.36. The van der Waals surface area contributed by atoms with Crippen LogP contribution in [0.5, 0.6) is 0 Å². The first-order valence-corrected chi connectivity index (χ1v) is 9.88. The van der Waals surface area contributed by atoms with E-state index in [0.29, 0.717) is 6.04 Å². The number of benzene rings is 1. The third-order valence-corrected chi connectivity index (χ3v) is 6.66. The highest BCUT2D eigenvalue weighted by Crippen LogP contribution is 2.51. The van der Waals surface area contributed by atoms with E-state index in [1.165, 1.54) is 44.1 Å². The summed E-state index contributed by atoms with van der Waals surface area (Å²) in [6.45, 7) is 3.75. The third-order valence-electron chi connectivity index (χ3n) is 6.66. The molecule has 1 aromatic rings. The van der Waals surface area contributed by atoms with E-state index in [9.17, 15) is 9.18 Å². The van der Waals surface area contributed by atoms with Gasteiger partial charge in [0.1, 0.15) is 5.82 Å². The number of halogens is 1. The highest BCUT2D eigenvalue weighted by Gasteiger charge is 2.49. The quantitative estimate of drug-likeness (QED) is 0.820. The first-order chi connectivity index (χ1) is 12.1. The van der Waals surface area contributed by atoms with Gasteiger partial charge >= 0.3 is 0 Å². The molecule has 4 rings (SSSR count). The molecule has 1 aromatic carbocycles. The smallest absolute Gasteiger partial charge is 0.217 e. The summed E-state index contributed by atoms with van der Waals surface area (Å²) in [5.74, 6) is -0.236. The second kappa shape index (κ2) is 6.71. The van der Waals surface area contributed by atoms with Crippen LogP contribution in [0.15, 0.2) is 18.2 Å². The minimum atomic E-state index is -0.204. The summed E-state index contributed by atoms with van der Waals surface area (Å²) in [5, 5.41) is 3.06. The van der Waals surface area contributed by atoms with Crippen LogP contribution in [0.2, 0.25) is 0 Å². The van der Waals surface area contributed by atoms with Crippen molar-refractivity contribution in [2.45, 2.75) is 75.8 Å². The lowest BCUT2D eigenvalue weighted by atomic mass is 9.81. The van der Waals surface area contributed by atoms with Crippen molar-refractivity contribution in [3.8, 4) is 0 Å². The Morgan fingerprint density at radius 2 is 2.00 bits per heavy atom. The molecule has 2 atom stereocenters. The largest absolute Gasteiger partial charge is 0.349 e. The topological polar surface area (TPSA) is 32.3 Å². The molecule has 1 amide bonds. The van der Waals surface area contributed by atoms with E-state index in [4.69, 9.17) is 0 Å². The Hall–Kier alpha value is -1.42. The number of carbonyl (C=O) groups excluding carboxylic acids is 1. The van der Waals surface area contributed by atoms with Gasteiger partial charge in [0.25, 0.3) is 0 Å². The van der Waals surface area contributed by atoms with E-state index in [2.05, 4.69) is 10.2 Å². The SMILES string of the molecule is CC(=O)NC1CC2(CCN(C3CCCCCC3)C2)c2ccc(F)cc21. The summed E-state index contributed by atoms with van der Waals surface area (Å²) in [6.07, 6.45) is 10.1. The fourth-order valence-corrected chi connectivity index (χ4v) is 5.52. The van der Waals surface area contributed by atoms with Crippen molar-refractivity contribution in [3.05, 3.63) is 35.1 Å². The molecule has 4 heteroatoms. The molecular weight excluding hydrogens is 315 g/mol.